The van der Waals surface area contributed by atoms with Crippen LogP contribution in [0, 0.1) is 5.82 Å². The lowest BCUT2D eigenvalue weighted by Crippen LogP contribution is -2.37. The molecule has 0 saturated carbocycles. The number of hydrogen-bond acceptors (Lipinski definition) is 5. The van der Waals surface area contributed by atoms with Gasteiger partial charge in [-0.25, -0.2) is 9.37 Å². The quantitative estimate of drug-likeness (QED) is 0.572. The van der Waals surface area contributed by atoms with Gasteiger partial charge < -0.3 is 14.1 Å². The molecule has 1 aromatic carbocycles. The number of aromatic nitrogens is 3. The van der Waals surface area contributed by atoms with Crippen LogP contribution >= 0.6 is 0 Å². The first-order chi connectivity index (χ1) is 14.2. The van der Waals surface area contributed by atoms with Gasteiger partial charge in [0.15, 0.2) is 6.39 Å². The van der Waals surface area contributed by atoms with Crippen LogP contribution in [0.2, 0.25) is 0 Å². The van der Waals surface area contributed by atoms with Gasteiger partial charge in [0, 0.05) is 37.4 Å². The van der Waals surface area contributed by atoms with E-state index in [1.165, 1.54) is 12.5 Å². The predicted octanol–water partition coefficient (Wildman–Crippen LogP) is 2.84. The molecule has 0 aliphatic carbocycles. The normalized spacial score (nSPS) is 13.5. The Labute approximate surface area is 168 Å². The Morgan fingerprint density at radius 1 is 1.34 bits per heavy atom. The lowest BCUT2D eigenvalue weighted by molar-refractivity contribution is -0.131. The fourth-order valence-corrected chi connectivity index (χ4v) is 3.64. The Morgan fingerprint density at radius 3 is 2.97 bits per heavy atom. The highest BCUT2D eigenvalue weighted by Crippen LogP contribution is 2.29. The van der Waals surface area contributed by atoms with Gasteiger partial charge in [-0.05, 0) is 18.6 Å². The van der Waals surface area contributed by atoms with E-state index in [1.807, 2.05) is 11.6 Å². The minimum atomic E-state index is -0.356. The number of nitrogens with zero attached hydrogens (tertiary/aromatic N) is 4. The number of hydrogen-bond donors (Lipinski definition) is 0. The van der Waals surface area contributed by atoms with E-state index < -0.39 is 0 Å². The molecule has 152 valence electrons. The molecule has 0 bridgehead atoms. The van der Waals surface area contributed by atoms with E-state index in [0.717, 1.165) is 11.3 Å². The van der Waals surface area contributed by atoms with E-state index in [4.69, 9.17) is 14.3 Å². The third kappa shape index (κ3) is 4.07. The van der Waals surface area contributed by atoms with Gasteiger partial charge in [-0.3, -0.25) is 9.48 Å². The number of rotatable bonds is 7. The standard InChI is InChI=1S/C21H23FN4O3/c1-2-28-10-9-26-19-7-8-25(20(27)11-15-5-3-4-6-17(15)22)12-16(19)21(24-26)18-13-29-14-23-18/h3-6,13-14H,2,7-12H2,1H3. The second kappa shape index (κ2) is 8.57. The monoisotopic (exact) mass is 398 g/mol. The summed E-state index contributed by atoms with van der Waals surface area (Å²) in [5, 5.41) is 4.71. The molecule has 3 aromatic rings. The molecule has 1 aliphatic heterocycles. The number of amides is 1. The average Bonchev–Trinajstić information content (AvgIpc) is 3.37. The molecular formula is C21H23FN4O3. The molecular weight excluding hydrogens is 375 g/mol. The van der Waals surface area contributed by atoms with Gasteiger partial charge in [0.2, 0.25) is 5.91 Å². The highest BCUT2D eigenvalue weighted by Gasteiger charge is 2.29. The Hall–Kier alpha value is -3.00. The summed E-state index contributed by atoms with van der Waals surface area (Å²) in [7, 11) is 0. The Bertz CT molecular complexity index is 984. The fourth-order valence-electron chi connectivity index (χ4n) is 3.64. The SMILES string of the molecule is CCOCCn1nc(-c2cocn2)c2c1CCN(C(=O)Cc1ccccc1F)C2. The van der Waals surface area contributed by atoms with Crippen molar-refractivity contribution in [1.82, 2.24) is 19.7 Å². The maximum atomic E-state index is 13.9. The minimum absolute atomic E-state index is 0.0414. The van der Waals surface area contributed by atoms with Crippen LogP contribution in [0.15, 0.2) is 41.3 Å². The van der Waals surface area contributed by atoms with Crippen molar-refractivity contribution in [2.45, 2.75) is 32.9 Å². The van der Waals surface area contributed by atoms with E-state index in [0.29, 0.717) is 56.2 Å². The molecule has 0 saturated heterocycles. The van der Waals surface area contributed by atoms with E-state index in [2.05, 4.69) is 4.98 Å². The van der Waals surface area contributed by atoms with Gasteiger partial charge in [0.25, 0.3) is 0 Å². The van der Waals surface area contributed by atoms with Crippen LogP contribution in [0.5, 0.6) is 0 Å². The number of ether oxygens (including phenoxy) is 1. The zero-order valence-electron chi connectivity index (χ0n) is 16.3. The van der Waals surface area contributed by atoms with Gasteiger partial charge in [0.1, 0.15) is 23.5 Å². The molecule has 8 heteroatoms. The zero-order chi connectivity index (χ0) is 20.2. The second-order valence-electron chi connectivity index (χ2n) is 6.90. The van der Waals surface area contributed by atoms with Crippen molar-refractivity contribution in [2.75, 3.05) is 19.8 Å². The zero-order valence-corrected chi connectivity index (χ0v) is 16.3. The Kier molecular flexibility index (Phi) is 5.71. The van der Waals surface area contributed by atoms with Crippen LogP contribution < -0.4 is 0 Å². The molecule has 1 aliphatic rings. The molecule has 0 unspecified atom stereocenters. The molecule has 0 spiro atoms. The summed E-state index contributed by atoms with van der Waals surface area (Å²) in [4.78, 5) is 18.8. The van der Waals surface area contributed by atoms with Crippen LogP contribution in [0.25, 0.3) is 11.4 Å². The third-order valence-corrected chi connectivity index (χ3v) is 5.11. The van der Waals surface area contributed by atoms with E-state index >= 15 is 0 Å². The number of oxazole rings is 1. The average molecular weight is 398 g/mol. The molecule has 0 fully saturated rings. The molecule has 29 heavy (non-hydrogen) atoms. The summed E-state index contributed by atoms with van der Waals surface area (Å²) in [6.45, 7) is 4.80. The van der Waals surface area contributed by atoms with Crippen molar-refractivity contribution in [1.29, 1.82) is 0 Å². The van der Waals surface area contributed by atoms with Gasteiger partial charge in [0.05, 0.1) is 19.6 Å². The van der Waals surface area contributed by atoms with Gasteiger partial charge in [-0.1, -0.05) is 18.2 Å². The Balaban J connectivity index is 1.57. The highest BCUT2D eigenvalue weighted by molar-refractivity contribution is 5.79. The molecule has 0 atom stereocenters. The molecule has 2 aromatic heterocycles. The summed E-state index contributed by atoms with van der Waals surface area (Å²) in [5.74, 6) is -0.459. The van der Waals surface area contributed by atoms with E-state index in [9.17, 15) is 9.18 Å². The number of carbonyl (C=O) groups is 1. The third-order valence-electron chi connectivity index (χ3n) is 5.11. The Morgan fingerprint density at radius 2 is 2.21 bits per heavy atom. The number of carbonyl (C=O) groups excluding carboxylic acids is 1. The summed E-state index contributed by atoms with van der Waals surface area (Å²) in [6.07, 6.45) is 3.63. The van der Waals surface area contributed by atoms with Crippen molar-refractivity contribution in [3.63, 3.8) is 0 Å². The van der Waals surface area contributed by atoms with E-state index in [1.54, 1.807) is 29.4 Å². The summed E-state index contributed by atoms with van der Waals surface area (Å²) in [5.41, 5.74) is 3.81. The fraction of sp³-hybridized carbons (Fsp3) is 0.381. The largest absolute Gasteiger partial charge is 0.451 e. The van der Waals surface area contributed by atoms with Crippen molar-refractivity contribution in [3.05, 3.63) is 59.6 Å². The van der Waals surface area contributed by atoms with Crippen molar-refractivity contribution in [3.8, 4) is 11.4 Å². The molecule has 7 nitrogen and oxygen atoms in total. The maximum Gasteiger partial charge on any atom is 0.227 e. The molecule has 1 amide bonds. The second-order valence-corrected chi connectivity index (χ2v) is 6.90. The molecule has 4 rings (SSSR count). The summed E-state index contributed by atoms with van der Waals surface area (Å²) in [6, 6.07) is 6.39. The summed E-state index contributed by atoms with van der Waals surface area (Å²) >= 11 is 0. The first kappa shape index (κ1) is 19.3. The minimum Gasteiger partial charge on any atom is -0.451 e. The molecule has 0 N–H and O–H groups in total. The number of benzene rings is 1. The smallest absolute Gasteiger partial charge is 0.227 e. The maximum absolute atomic E-state index is 13.9. The van der Waals surface area contributed by atoms with Crippen LogP contribution in [-0.4, -0.2) is 45.3 Å². The van der Waals surface area contributed by atoms with Gasteiger partial charge in [-0.2, -0.15) is 5.10 Å². The van der Waals surface area contributed by atoms with Gasteiger partial charge in [-0.15, -0.1) is 0 Å². The van der Waals surface area contributed by atoms with Crippen molar-refractivity contribution < 1.29 is 18.3 Å². The molecule has 3 heterocycles. The molecule has 0 radical (unpaired) electrons. The topological polar surface area (TPSA) is 73.4 Å². The van der Waals surface area contributed by atoms with Crippen molar-refractivity contribution in [2.24, 2.45) is 0 Å². The van der Waals surface area contributed by atoms with Gasteiger partial charge >= 0.3 is 0 Å². The lowest BCUT2D eigenvalue weighted by Gasteiger charge is -2.28. The number of fused-ring (bicyclic) bond motifs is 1. The predicted molar refractivity (Wildman–Crippen MR) is 103 cm³/mol. The van der Waals surface area contributed by atoms with E-state index in [-0.39, 0.29) is 18.1 Å². The first-order valence-electron chi connectivity index (χ1n) is 9.73. The van der Waals surface area contributed by atoms with Crippen LogP contribution in [0.4, 0.5) is 4.39 Å². The number of halogens is 1. The highest BCUT2D eigenvalue weighted by atomic mass is 19.1. The van der Waals surface area contributed by atoms with Crippen molar-refractivity contribution >= 4 is 5.91 Å². The van der Waals surface area contributed by atoms with Crippen LogP contribution in [0.1, 0.15) is 23.7 Å². The van der Waals surface area contributed by atoms with Crippen LogP contribution in [0.3, 0.4) is 0 Å². The van der Waals surface area contributed by atoms with Crippen LogP contribution in [-0.2, 0) is 35.5 Å². The lowest BCUT2D eigenvalue weighted by atomic mass is 10.0. The first-order valence-corrected chi connectivity index (χ1v) is 9.73. The summed E-state index contributed by atoms with van der Waals surface area (Å²) < 4.78 is 26.5.